The Bertz CT molecular complexity index is 620. The standard InChI is InChI=1S/C15H25N5O6S/c21-14(17-25-9-11-5-10(6-16-11)7-18-3-4-18)13-2-1-12-8-19(13)15(22)20(12)26-27(23)24/h10-13,16H,1-9H2,(H,17,21)(H,23,24)/t10-,11+,12?,13?/m0/s1. The molecule has 0 radical (unpaired) electrons. The van der Waals surface area contributed by atoms with E-state index in [1.54, 1.807) is 0 Å². The van der Waals surface area contributed by atoms with E-state index in [1.165, 1.54) is 18.0 Å². The molecule has 2 bridgehead atoms. The topological polar surface area (TPSA) is 123 Å². The molecule has 4 aliphatic heterocycles. The van der Waals surface area contributed by atoms with Gasteiger partial charge in [0, 0.05) is 32.2 Å². The number of rotatable bonds is 8. The number of urea groups is 1. The molecule has 3 N–H and O–H groups in total. The number of carbonyl (C=O) groups is 2. The van der Waals surface area contributed by atoms with Gasteiger partial charge in [0.15, 0.2) is 0 Å². The van der Waals surface area contributed by atoms with E-state index >= 15 is 0 Å². The van der Waals surface area contributed by atoms with Gasteiger partial charge in [0.25, 0.3) is 5.91 Å². The highest BCUT2D eigenvalue weighted by molar-refractivity contribution is 7.74. The van der Waals surface area contributed by atoms with Crippen molar-refractivity contribution in [1.82, 2.24) is 25.7 Å². The monoisotopic (exact) mass is 403 g/mol. The van der Waals surface area contributed by atoms with Crippen molar-refractivity contribution in [2.75, 3.05) is 39.3 Å². The van der Waals surface area contributed by atoms with E-state index in [1.807, 2.05) is 0 Å². The van der Waals surface area contributed by atoms with Gasteiger partial charge < -0.3 is 15.1 Å². The molecule has 4 aliphatic rings. The highest BCUT2D eigenvalue weighted by Crippen LogP contribution is 2.30. The number of nitrogens with one attached hydrogen (secondary N) is 2. The lowest BCUT2D eigenvalue weighted by Gasteiger charge is -2.29. The van der Waals surface area contributed by atoms with Crippen molar-refractivity contribution < 1.29 is 27.5 Å². The number of amides is 3. The maximum absolute atomic E-state index is 12.4. The van der Waals surface area contributed by atoms with Gasteiger partial charge in [-0.2, -0.15) is 9.27 Å². The number of hydrogen-bond acceptors (Lipinski definition) is 7. The average molecular weight is 403 g/mol. The Morgan fingerprint density at radius 3 is 2.93 bits per heavy atom. The Kier molecular flexibility index (Phi) is 5.62. The largest absolute Gasteiger partial charge is 0.346 e. The number of hydroxylamine groups is 3. The van der Waals surface area contributed by atoms with Crippen LogP contribution in [0, 0.1) is 5.92 Å². The molecule has 3 unspecified atom stereocenters. The molecule has 3 amide bonds. The third-order valence-corrected chi connectivity index (χ3v) is 5.88. The van der Waals surface area contributed by atoms with Crippen LogP contribution in [0.15, 0.2) is 0 Å². The first kappa shape index (κ1) is 19.0. The number of nitrogens with zero attached hydrogens (tertiary/aromatic N) is 3. The van der Waals surface area contributed by atoms with Crippen LogP contribution < -0.4 is 10.8 Å². The van der Waals surface area contributed by atoms with E-state index in [-0.39, 0.29) is 24.5 Å². The maximum Gasteiger partial charge on any atom is 0.346 e. The van der Waals surface area contributed by atoms with Crippen molar-refractivity contribution in [3.63, 3.8) is 0 Å². The van der Waals surface area contributed by atoms with E-state index in [0.29, 0.717) is 25.4 Å². The third kappa shape index (κ3) is 4.41. The molecule has 0 spiro atoms. The Labute approximate surface area is 159 Å². The molecular formula is C15H25N5O6S. The molecular weight excluding hydrogens is 378 g/mol. The SMILES string of the molecule is O=C(NOC[C@H]1C[C@H](CN2CC2)CN1)C1CCC2CN1C(=O)N2OS(=O)O. The molecule has 27 heavy (non-hydrogen) atoms. The zero-order chi connectivity index (χ0) is 19.0. The number of carbonyl (C=O) groups excluding carboxylic acids is 2. The summed E-state index contributed by atoms with van der Waals surface area (Å²) in [6, 6.07) is -1.35. The molecule has 152 valence electrons. The summed E-state index contributed by atoms with van der Waals surface area (Å²) in [6.45, 7) is 5.14. The number of piperidine rings is 1. The lowest BCUT2D eigenvalue weighted by Crippen LogP contribution is -2.50. The van der Waals surface area contributed by atoms with Gasteiger partial charge in [-0.3, -0.25) is 14.2 Å². The number of fused-ring (bicyclic) bond motifs is 2. The van der Waals surface area contributed by atoms with E-state index in [4.69, 9.17) is 9.39 Å². The van der Waals surface area contributed by atoms with Gasteiger partial charge in [-0.1, -0.05) is 0 Å². The van der Waals surface area contributed by atoms with Crippen LogP contribution in [0.5, 0.6) is 0 Å². The maximum atomic E-state index is 12.4. The number of hydrogen-bond donors (Lipinski definition) is 3. The Morgan fingerprint density at radius 2 is 2.19 bits per heavy atom. The van der Waals surface area contributed by atoms with Crippen LogP contribution in [0.3, 0.4) is 0 Å². The second-order valence-corrected chi connectivity index (χ2v) is 8.17. The highest BCUT2D eigenvalue weighted by atomic mass is 32.2. The summed E-state index contributed by atoms with van der Waals surface area (Å²) in [5.41, 5.74) is 2.45. The van der Waals surface area contributed by atoms with E-state index in [2.05, 4.69) is 20.0 Å². The van der Waals surface area contributed by atoms with Gasteiger partial charge in [0.05, 0.1) is 12.6 Å². The molecule has 0 aromatic carbocycles. The van der Waals surface area contributed by atoms with Gasteiger partial charge in [0.1, 0.15) is 6.04 Å². The molecule has 5 atom stereocenters. The Morgan fingerprint density at radius 1 is 1.37 bits per heavy atom. The predicted octanol–water partition coefficient (Wildman–Crippen LogP) is -1.34. The minimum atomic E-state index is -2.57. The lowest BCUT2D eigenvalue weighted by atomic mass is 10.0. The van der Waals surface area contributed by atoms with Crippen LogP contribution in [0.1, 0.15) is 19.3 Å². The van der Waals surface area contributed by atoms with E-state index in [9.17, 15) is 13.8 Å². The predicted molar refractivity (Wildman–Crippen MR) is 93.0 cm³/mol. The van der Waals surface area contributed by atoms with E-state index < -0.39 is 23.4 Å². The molecule has 4 fully saturated rings. The van der Waals surface area contributed by atoms with Gasteiger partial charge >= 0.3 is 17.4 Å². The molecule has 12 heteroatoms. The van der Waals surface area contributed by atoms with Crippen LogP contribution in [-0.4, -0.2) is 93.0 Å². The first-order chi connectivity index (χ1) is 13.0. The molecule has 0 saturated carbocycles. The average Bonchev–Trinajstić information content (AvgIpc) is 3.29. The summed E-state index contributed by atoms with van der Waals surface area (Å²) in [6.07, 6.45) is 1.98. The van der Waals surface area contributed by atoms with Crippen LogP contribution in [-0.2, 0) is 25.3 Å². The molecule has 0 aliphatic carbocycles. The van der Waals surface area contributed by atoms with E-state index in [0.717, 1.165) is 24.6 Å². The van der Waals surface area contributed by atoms with Gasteiger partial charge in [-0.05, 0) is 31.7 Å². The fourth-order valence-corrected chi connectivity index (χ4v) is 4.46. The molecule has 4 saturated heterocycles. The van der Waals surface area contributed by atoms with Gasteiger partial charge in [0.2, 0.25) is 0 Å². The van der Waals surface area contributed by atoms with Crippen LogP contribution in [0.4, 0.5) is 4.79 Å². The van der Waals surface area contributed by atoms with Crippen molar-refractivity contribution in [2.45, 2.75) is 37.4 Å². The third-order valence-electron chi connectivity index (χ3n) is 5.60. The highest BCUT2D eigenvalue weighted by Gasteiger charge is 2.48. The molecule has 0 aromatic rings. The van der Waals surface area contributed by atoms with Crippen LogP contribution >= 0.6 is 0 Å². The van der Waals surface area contributed by atoms with Crippen LogP contribution in [0.25, 0.3) is 0 Å². The minimum Gasteiger partial charge on any atom is -0.311 e. The summed E-state index contributed by atoms with van der Waals surface area (Å²) in [5.74, 6) is 0.241. The van der Waals surface area contributed by atoms with Crippen molar-refractivity contribution in [3.05, 3.63) is 0 Å². The Balaban J connectivity index is 1.21. The summed E-state index contributed by atoms with van der Waals surface area (Å²) in [7, 11) is 0. The first-order valence-electron chi connectivity index (χ1n) is 9.27. The normalized spacial score (nSPS) is 34.2. The second-order valence-electron chi connectivity index (χ2n) is 7.58. The smallest absolute Gasteiger partial charge is 0.311 e. The first-order valence-corrected chi connectivity index (χ1v) is 10.3. The molecule has 0 aromatic heterocycles. The molecule has 4 rings (SSSR count). The van der Waals surface area contributed by atoms with Crippen molar-refractivity contribution >= 4 is 23.3 Å². The summed E-state index contributed by atoms with van der Waals surface area (Å²) in [5, 5.41) is 4.30. The van der Waals surface area contributed by atoms with Crippen LogP contribution in [0.2, 0.25) is 0 Å². The molecule has 11 nitrogen and oxygen atoms in total. The quantitative estimate of drug-likeness (QED) is 0.259. The van der Waals surface area contributed by atoms with Crippen molar-refractivity contribution in [3.8, 4) is 0 Å². The van der Waals surface area contributed by atoms with Crippen molar-refractivity contribution in [2.24, 2.45) is 5.92 Å². The fourth-order valence-electron chi connectivity index (χ4n) is 4.14. The minimum absolute atomic E-state index is 0.211. The second kappa shape index (κ2) is 7.97. The fraction of sp³-hybridized carbons (Fsp3) is 0.867. The summed E-state index contributed by atoms with van der Waals surface area (Å²) >= 11 is -2.57. The lowest BCUT2D eigenvalue weighted by molar-refractivity contribution is -0.139. The van der Waals surface area contributed by atoms with Gasteiger partial charge in [-0.15, -0.1) is 4.28 Å². The summed E-state index contributed by atoms with van der Waals surface area (Å²) < 4.78 is 24.3. The zero-order valence-corrected chi connectivity index (χ0v) is 15.7. The zero-order valence-electron chi connectivity index (χ0n) is 14.9. The molecule has 4 heterocycles. The van der Waals surface area contributed by atoms with Crippen molar-refractivity contribution in [1.29, 1.82) is 0 Å². The summed E-state index contributed by atoms with van der Waals surface area (Å²) in [4.78, 5) is 33.9. The van der Waals surface area contributed by atoms with Gasteiger partial charge in [-0.25, -0.2) is 10.3 Å². The Hall–Kier alpha value is -1.31.